The lowest BCUT2D eigenvalue weighted by atomic mass is 9.97. The summed E-state index contributed by atoms with van der Waals surface area (Å²) in [4.78, 5) is 12.9. The van der Waals surface area contributed by atoms with Gasteiger partial charge in [0.2, 0.25) is 0 Å². The highest BCUT2D eigenvalue weighted by Gasteiger charge is 2.22. The third kappa shape index (κ3) is 2.46. The van der Waals surface area contributed by atoms with Gasteiger partial charge in [0.25, 0.3) is 5.69 Å². The molecule has 0 aromatic heterocycles. The first-order valence-corrected chi connectivity index (χ1v) is 6.32. The van der Waals surface area contributed by atoms with Gasteiger partial charge < -0.3 is 10.6 Å². The maximum absolute atomic E-state index is 10.9. The number of nitrogens with two attached hydrogens (primary N) is 1. The van der Waals surface area contributed by atoms with Crippen LogP contribution in [0.5, 0.6) is 0 Å². The molecule has 1 aromatic rings. The van der Waals surface area contributed by atoms with Gasteiger partial charge >= 0.3 is 0 Å². The van der Waals surface area contributed by atoms with E-state index in [1.54, 1.807) is 12.1 Å². The van der Waals surface area contributed by atoms with Crippen molar-refractivity contribution in [2.75, 3.05) is 24.5 Å². The molecule has 1 aromatic carbocycles. The topological polar surface area (TPSA) is 72.4 Å². The van der Waals surface area contributed by atoms with E-state index in [9.17, 15) is 10.1 Å². The van der Waals surface area contributed by atoms with Gasteiger partial charge in [-0.05, 0) is 38.3 Å². The van der Waals surface area contributed by atoms with Crippen LogP contribution in [0, 0.1) is 23.0 Å². The van der Waals surface area contributed by atoms with E-state index in [2.05, 4.69) is 4.90 Å². The van der Waals surface area contributed by atoms with Crippen LogP contribution in [-0.2, 0) is 0 Å². The third-order valence-electron chi connectivity index (χ3n) is 3.67. The summed E-state index contributed by atoms with van der Waals surface area (Å²) >= 11 is 0. The Morgan fingerprint density at radius 2 is 2.33 bits per heavy atom. The second-order valence-electron chi connectivity index (χ2n) is 4.87. The molecule has 0 amide bonds. The highest BCUT2D eigenvalue weighted by molar-refractivity contribution is 5.61. The maximum Gasteiger partial charge on any atom is 0.274 e. The molecule has 5 nitrogen and oxygen atoms in total. The molecule has 5 heteroatoms. The number of nitro benzene ring substituents is 1. The first-order chi connectivity index (χ1) is 8.63. The van der Waals surface area contributed by atoms with E-state index in [0.717, 1.165) is 37.2 Å². The summed E-state index contributed by atoms with van der Waals surface area (Å²) in [5, 5.41) is 10.9. The quantitative estimate of drug-likeness (QED) is 0.657. The first-order valence-electron chi connectivity index (χ1n) is 6.32. The molecular formula is C13H19N3O2. The fourth-order valence-corrected chi connectivity index (χ4v) is 2.63. The van der Waals surface area contributed by atoms with Gasteiger partial charge in [-0.3, -0.25) is 10.1 Å². The molecule has 0 aliphatic carbocycles. The predicted molar refractivity (Wildman–Crippen MR) is 71.8 cm³/mol. The molecule has 1 aliphatic heterocycles. The molecule has 1 fully saturated rings. The number of nitro groups is 1. The highest BCUT2D eigenvalue weighted by atomic mass is 16.6. The van der Waals surface area contributed by atoms with Gasteiger partial charge in [-0.25, -0.2) is 0 Å². The molecule has 1 unspecified atom stereocenters. The van der Waals surface area contributed by atoms with Crippen molar-refractivity contribution in [2.45, 2.75) is 19.8 Å². The first kappa shape index (κ1) is 12.8. The molecule has 98 valence electrons. The van der Waals surface area contributed by atoms with Crippen LogP contribution in [-0.4, -0.2) is 24.6 Å². The van der Waals surface area contributed by atoms with E-state index in [4.69, 9.17) is 5.73 Å². The van der Waals surface area contributed by atoms with Crippen LogP contribution in [0.1, 0.15) is 18.4 Å². The van der Waals surface area contributed by atoms with Crippen molar-refractivity contribution in [1.29, 1.82) is 0 Å². The van der Waals surface area contributed by atoms with Crippen LogP contribution in [0.3, 0.4) is 0 Å². The minimum atomic E-state index is -0.316. The van der Waals surface area contributed by atoms with Crippen molar-refractivity contribution in [3.63, 3.8) is 0 Å². The van der Waals surface area contributed by atoms with Crippen molar-refractivity contribution in [3.05, 3.63) is 33.9 Å². The number of nitrogens with zero attached hydrogens (tertiary/aromatic N) is 2. The molecule has 1 heterocycles. The molecular weight excluding hydrogens is 230 g/mol. The summed E-state index contributed by atoms with van der Waals surface area (Å²) < 4.78 is 0. The summed E-state index contributed by atoms with van der Waals surface area (Å²) in [6, 6.07) is 5.27. The van der Waals surface area contributed by atoms with Crippen molar-refractivity contribution >= 4 is 11.4 Å². The highest BCUT2D eigenvalue weighted by Crippen LogP contribution is 2.30. The van der Waals surface area contributed by atoms with Gasteiger partial charge in [-0.15, -0.1) is 0 Å². The van der Waals surface area contributed by atoms with Crippen molar-refractivity contribution in [2.24, 2.45) is 11.7 Å². The summed E-state index contributed by atoms with van der Waals surface area (Å²) in [6.07, 6.45) is 2.25. The third-order valence-corrected chi connectivity index (χ3v) is 3.67. The van der Waals surface area contributed by atoms with Crippen LogP contribution in [0.25, 0.3) is 0 Å². The second-order valence-corrected chi connectivity index (χ2v) is 4.87. The molecule has 18 heavy (non-hydrogen) atoms. The van der Waals surface area contributed by atoms with E-state index < -0.39 is 0 Å². The number of piperidine rings is 1. The molecule has 0 bridgehead atoms. The Labute approximate surface area is 107 Å². The van der Waals surface area contributed by atoms with Gasteiger partial charge in [0.05, 0.1) is 10.5 Å². The standard InChI is InChI=1S/C13H19N3O2/c1-10-12(5-2-6-13(10)16(17)18)15-7-3-4-11(8-14)9-15/h2,5-6,11H,3-4,7-9,14H2,1H3. The molecule has 1 saturated heterocycles. The average Bonchev–Trinajstić information content (AvgIpc) is 2.38. The van der Waals surface area contributed by atoms with Crippen LogP contribution in [0.15, 0.2) is 18.2 Å². The monoisotopic (exact) mass is 249 g/mol. The van der Waals surface area contributed by atoms with Gasteiger partial charge in [-0.2, -0.15) is 0 Å². The lowest BCUT2D eigenvalue weighted by molar-refractivity contribution is -0.385. The van der Waals surface area contributed by atoms with Crippen molar-refractivity contribution in [1.82, 2.24) is 0 Å². The Hall–Kier alpha value is -1.62. The normalized spacial score (nSPS) is 19.9. The molecule has 0 saturated carbocycles. The minimum absolute atomic E-state index is 0.197. The fraction of sp³-hybridized carbons (Fsp3) is 0.538. The summed E-state index contributed by atoms with van der Waals surface area (Å²) in [5.41, 5.74) is 7.65. The van der Waals surface area contributed by atoms with Crippen LogP contribution in [0.2, 0.25) is 0 Å². The molecule has 2 N–H and O–H groups in total. The van der Waals surface area contributed by atoms with Crippen LogP contribution >= 0.6 is 0 Å². The number of hydrogen-bond acceptors (Lipinski definition) is 4. The Kier molecular flexibility index (Phi) is 3.81. The maximum atomic E-state index is 10.9. The number of rotatable bonds is 3. The average molecular weight is 249 g/mol. The van der Waals surface area contributed by atoms with Gasteiger partial charge in [0, 0.05) is 24.8 Å². The van der Waals surface area contributed by atoms with Crippen molar-refractivity contribution in [3.8, 4) is 0 Å². The SMILES string of the molecule is Cc1c(N2CCCC(CN)C2)cccc1[N+](=O)[O-]. The van der Waals surface area contributed by atoms with Gasteiger partial charge in [-0.1, -0.05) is 6.07 Å². The van der Waals surface area contributed by atoms with E-state index in [0.29, 0.717) is 12.5 Å². The van der Waals surface area contributed by atoms with Gasteiger partial charge in [0.15, 0.2) is 0 Å². The smallest absolute Gasteiger partial charge is 0.274 e. The Morgan fingerprint density at radius 3 is 3.00 bits per heavy atom. The van der Waals surface area contributed by atoms with Gasteiger partial charge in [0.1, 0.15) is 0 Å². The van der Waals surface area contributed by atoms with Crippen molar-refractivity contribution < 1.29 is 4.92 Å². The van der Waals surface area contributed by atoms with E-state index in [1.807, 2.05) is 13.0 Å². The fourth-order valence-electron chi connectivity index (χ4n) is 2.63. The Bertz CT molecular complexity index is 448. The predicted octanol–water partition coefficient (Wildman–Crippen LogP) is 2.08. The summed E-state index contributed by atoms with van der Waals surface area (Å²) in [6.45, 7) is 4.36. The molecule has 0 spiro atoms. The molecule has 1 aliphatic rings. The minimum Gasteiger partial charge on any atom is -0.371 e. The Morgan fingerprint density at radius 1 is 1.56 bits per heavy atom. The van der Waals surface area contributed by atoms with E-state index >= 15 is 0 Å². The summed E-state index contributed by atoms with van der Waals surface area (Å²) in [5.74, 6) is 0.498. The zero-order chi connectivity index (χ0) is 13.1. The molecule has 0 radical (unpaired) electrons. The zero-order valence-corrected chi connectivity index (χ0v) is 10.6. The largest absolute Gasteiger partial charge is 0.371 e. The number of benzene rings is 1. The van der Waals surface area contributed by atoms with E-state index in [-0.39, 0.29) is 10.6 Å². The second kappa shape index (κ2) is 5.35. The molecule has 1 atom stereocenters. The number of hydrogen-bond donors (Lipinski definition) is 1. The van der Waals surface area contributed by atoms with E-state index in [1.165, 1.54) is 0 Å². The molecule has 2 rings (SSSR count). The van der Waals surface area contributed by atoms with Crippen LogP contribution in [0.4, 0.5) is 11.4 Å². The van der Waals surface area contributed by atoms with Crippen LogP contribution < -0.4 is 10.6 Å². The lowest BCUT2D eigenvalue weighted by Gasteiger charge is -2.34. The summed E-state index contributed by atoms with van der Waals surface area (Å²) in [7, 11) is 0. The zero-order valence-electron chi connectivity index (χ0n) is 10.6. The lowest BCUT2D eigenvalue weighted by Crippen LogP contribution is -2.38. The Balaban J connectivity index is 2.27. The number of anilines is 1.